The highest BCUT2D eigenvalue weighted by Crippen LogP contribution is 2.15. The van der Waals surface area contributed by atoms with Crippen molar-refractivity contribution < 1.29 is 4.79 Å². The lowest BCUT2D eigenvalue weighted by molar-refractivity contribution is 0.234. The quantitative estimate of drug-likeness (QED) is 0.830. The number of rotatable bonds is 5. The molecule has 1 aliphatic heterocycles. The molecule has 1 aliphatic rings. The molecule has 0 radical (unpaired) electrons. The second kappa shape index (κ2) is 7.71. The van der Waals surface area contributed by atoms with Crippen LogP contribution in [0, 0.1) is 0 Å². The van der Waals surface area contributed by atoms with Gasteiger partial charge in [0.05, 0.1) is 6.54 Å². The van der Waals surface area contributed by atoms with Crippen molar-refractivity contribution in [3.05, 3.63) is 30.6 Å². The molecule has 1 fully saturated rings. The van der Waals surface area contributed by atoms with E-state index in [1.54, 1.807) is 24.8 Å². The molecule has 9 heteroatoms. The maximum Gasteiger partial charge on any atom is 0.315 e. The summed E-state index contributed by atoms with van der Waals surface area (Å²) in [5.74, 6) is 1.45. The Morgan fingerprint density at radius 1 is 1.38 bits per heavy atom. The molecule has 0 spiro atoms. The molecule has 0 bridgehead atoms. The summed E-state index contributed by atoms with van der Waals surface area (Å²) in [6, 6.07) is 1.68. The van der Waals surface area contributed by atoms with E-state index in [1.165, 1.54) is 0 Å². The minimum absolute atomic E-state index is 0.0756. The maximum atomic E-state index is 12.1. The number of amides is 2. The van der Waals surface area contributed by atoms with E-state index in [1.807, 2.05) is 11.5 Å². The average Bonchev–Trinajstić information content (AvgIpc) is 3.08. The fourth-order valence-corrected chi connectivity index (χ4v) is 2.81. The van der Waals surface area contributed by atoms with Crippen molar-refractivity contribution in [2.45, 2.75) is 38.9 Å². The van der Waals surface area contributed by atoms with Gasteiger partial charge in [-0.25, -0.2) is 14.8 Å². The van der Waals surface area contributed by atoms with Crippen molar-refractivity contribution in [1.29, 1.82) is 0 Å². The van der Waals surface area contributed by atoms with Gasteiger partial charge in [-0.15, -0.1) is 10.2 Å². The van der Waals surface area contributed by atoms with Crippen LogP contribution in [0.5, 0.6) is 0 Å². The van der Waals surface area contributed by atoms with E-state index in [-0.39, 0.29) is 12.1 Å². The highest BCUT2D eigenvalue weighted by atomic mass is 16.2. The second-order valence-electron chi connectivity index (χ2n) is 5.69. The van der Waals surface area contributed by atoms with Gasteiger partial charge in [-0.2, -0.15) is 0 Å². The molecule has 1 unspecified atom stereocenters. The number of urea groups is 1. The fourth-order valence-electron chi connectivity index (χ4n) is 2.81. The maximum absolute atomic E-state index is 12.1. The Morgan fingerprint density at radius 2 is 2.21 bits per heavy atom. The summed E-state index contributed by atoms with van der Waals surface area (Å²) in [6.07, 6.45) is 7.06. The van der Waals surface area contributed by atoms with Gasteiger partial charge in [0, 0.05) is 38.1 Å². The van der Waals surface area contributed by atoms with Crippen molar-refractivity contribution >= 4 is 12.0 Å². The molecule has 1 saturated heterocycles. The predicted molar refractivity (Wildman–Crippen MR) is 88.3 cm³/mol. The highest BCUT2D eigenvalue weighted by molar-refractivity contribution is 5.74. The number of aryl methyl sites for hydroxylation is 1. The third-order valence-electron chi connectivity index (χ3n) is 4.04. The van der Waals surface area contributed by atoms with Gasteiger partial charge in [-0.3, -0.25) is 0 Å². The fraction of sp³-hybridized carbons (Fsp3) is 0.533. The first-order chi connectivity index (χ1) is 11.8. The molecule has 0 aromatic carbocycles. The summed E-state index contributed by atoms with van der Waals surface area (Å²) >= 11 is 0. The summed E-state index contributed by atoms with van der Waals surface area (Å²) in [5.41, 5.74) is 0. The van der Waals surface area contributed by atoms with E-state index in [9.17, 15) is 4.79 Å². The largest absolute Gasteiger partial charge is 0.339 e. The number of piperidine rings is 1. The lowest BCUT2D eigenvalue weighted by atomic mass is 10.1. The molecule has 1 atom stereocenters. The monoisotopic (exact) mass is 330 g/mol. The van der Waals surface area contributed by atoms with E-state index in [2.05, 4.69) is 35.7 Å². The summed E-state index contributed by atoms with van der Waals surface area (Å²) in [5, 5.41) is 13.7. The zero-order chi connectivity index (χ0) is 16.8. The lowest BCUT2D eigenvalue weighted by Crippen LogP contribution is -2.50. The number of hydrogen-bond acceptors (Lipinski definition) is 6. The Labute approximate surface area is 140 Å². The van der Waals surface area contributed by atoms with E-state index in [0.717, 1.165) is 31.8 Å². The first-order valence-corrected chi connectivity index (χ1v) is 8.19. The van der Waals surface area contributed by atoms with Crippen LogP contribution in [-0.4, -0.2) is 49.9 Å². The highest BCUT2D eigenvalue weighted by Gasteiger charge is 2.22. The average molecular weight is 330 g/mol. The molecule has 2 N–H and O–H groups in total. The standard InChI is InChI=1S/C15H22N8O/c1-2-22-11-19-21-13(22)9-18-15(24)20-12-5-3-8-23(10-12)14-16-6-4-7-17-14/h4,6-7,11-12H,2-3,5,8-10H2,1H3,(H2,18,20,24). The van der Waals surface area contributed by atoms with Crippen molar-refractivity contribution in [3.8, 4) is 0 Å². The molecule has 9 nitrogen and oxygen atoms in total. The Balaban J connectivity index is 1.49. The van der Waals surface area contributed by atoms with Crippen molar-refractivity contribution in [2.75, 3.05) is 18.0 Å². The van der Waals surface area contributed by atoms with Crippen LogP contribution in [0.3, 0.4) is 0 Å². The van der Waals surface area contributed by atoms with E-state index >= 15 is 0 Å². The van der Waals surface area contributed by atoms with Gasteiger partial charge in [-0.05, 0) is 25.8 Å². The van der Waals surface area contributed by atoms with E-state index in [4.69, 9.17) is 0 Å². The Bertz CT molecular complexity index is 659. The minimum Gasteiger partial charge on any atom is -0.339 e. The Morgan fingerprint density at radius 3 is 3.00 bits per heavy atom. The summed E-state index contributed by atoms with van der Waals surface area (Å²) in [6.45, 7) is 4.76. The van der Waals surface area contributed by atoms with Crippen molar-refractivity contribution in [1.82, 2.24) is 35.4 Å². The molecule has 2 aromatic rings. The van der Waals surface area contributed by atoms with Gasteiger partial charge in [0.2, 0.25) is 5.95 Å². The van der Waals surface area contributed by atoms with Gasteiger partial charge >= 0.3 is 6.03 Å². The number of hydrogen-bond donors (Lipinski definition) is 2. The van der Waals surface area contributed by atoms with Gasteiger partial charge in [0.1, 0.15) is 6.33 Å². The molecule has 128 valence electrons. The zero-order valence-corrected chi connectivity index (χ0v) is 13.7. The van der Waals surface area contributed by atoms with Crippen LogP contribution in [0.15, 0.2) is 24.8 Å². The van der Waals surface area contributed by atoms with Crippen LogP contribution in [0.1, 0.15) is 25.6 Å². The van der Waals surface area contributed by atoms with E-state index in [0.29, 0.717) is 19.0 Å². The Hall–Kier alpha value is -2.71. The molecule has 3 heterocycles. The zero-order valence-electron chi connectivity index (χ0n) is 13.7. The third-order valence-corrected chi connectivity index (χ3v) is 4.04. The van der Waals surface area contributed by atoms with Crippen LogP contribution < -0.4 is 15.5 Å². The SMILES string of the molecule is CCn1cnnc1CNC(=O)NC1CCCN(c2ncccn2)C1. The number of aromatic nitrogens is 5. The molecule has 2 amide bonds. The van der Waals surface area contributed by atoms with Crippen LogP contribution in [0.4, 0.5) is 10.7 Å². The molecular weight excluding hydrogens is 308 g/mol. The number of carbonyl (C=O) groups is 1. The molecule has 2 aromatic heterocycles. The molecule has 24 heavy (non-hydrogen) atoms. The van der Waals surface area contributed by atoms with Crippen LogP contribution in [-0.2, 0) is 13.1 Å². The Kier molecular flexibility index (Phi) is 5.19. The molecule has 3 rings (SSSR count). The molecule has 0 saturated carbocycles. The van der Waals surface area contributed by atoms with Crippen LogP contribution in [0.2, 0.25) is 0 Å². The molecular formula is C15H22N8O. The number of carbonyl (C=O) groups excluding carboxylic acids is 1. The number of nitrogens with one attached hydrogen (secondary N) is 2. The van der Waals surface area contributed by atoms with Crippen molar-refractivity contribution in [2.24, 2.45) is 0 Å². The summed E-state index contributed by atoms with van der Waals surface area (Å²) in [4.78, 5) is 22.8. The molecule has 0 aliphatic carbocycles. The van der Waals surface area contributed by atoms with Crippen molar-refractivity contribution in [3.63, 3.8) is 0 Å². The van der Waals surface area contributed by atoms with Crippen LogP contribution >= 0.6 is 0 Å². The van der Waals surface area contributed by atoms with E-state index < -0.39 is 0 Å². The third kappa shape index (κ3) is 3.98. The van der Waals surface area contributed by atoms with Crippen LogP contribution in [0.25, 0.3) is 0 Å². The van der Waals surface area contributed by atoms with Gasteiger partial charge in [-0.1, -0.05) is 0 Å². The second-order valence-corrected chi connectivity index (χ2v) is 5.69. The topological polar surface area (TPSA) is 101 Å². The summed E-state index contributed by atoms with van der Waals surface area (Å²) < 4.78 is 1.90. The lowest BCUT2D eigenvalue weighted by Gasteiger charge is -2.33. The van der Waals surface area contributed by atoms with Gasteiger partial charge in [0.25, 0.3) is 0 Å². The van der Waals surface area contributed by atoms with Gasteiger partial charge in [0.15, 0.2) is 5.82 Å². The predicted octanol–water partition coefficient (Wildman–Crippen LogP) is 0.556. The minimum atomic E-state index is -0.193. The number of nitrogens with zero attached hydrogens (tertiary/aromatic N) is 6. The summed E-state index contributed by atoms with van der Waals surface area (Å²) in [7, 11) is 0. The normalized spacial score (nSPS) is 17.5. The first kappa shape index (κ1) is 16.2. The first-order valence-electron chi connectivity index (χ1n) is 8.19. The smallest absolute Gasteiger partial charge is 0.315 e. The van der Waals surface area contributed by atoms with Gasteiger partial charge < -0.3 is 20.1 Å². The number of anilines is 1.